The van der Waals surface area contributed by atoms with Crippen LogP contribution < -0.4 is 9.47 Å². The molecule has 186 valence electrons. The summed E-state index contributed by atoms with van der Waals surface area (Å²) in [6.45, 7) is 0. The van der Waals surface area contributed by atoms with Gasteiger partial charge < -0.3 is 14.6 Å². The molecule has 1 N–H and O–H groups in total. The first-order valence-corrected chi connectivity index (χ1v) is 10.4. The quantitative estimate of drug-likeness (QED) is 0.327. The Labute approximate surface area is 205 Å². The van der Waals surface area contributed by atoms with Crippen LogP contribution in [-0.2, 0) is 6.18 Å². The molecular formula is C24H15ClF4N2O5. The van der Waals surface area contributed by atoms with E-state index >= 15 is 4.39 Å². The van der Waals surface area contributed by atoms with Gasteiger partial charge in [0, 0.05) is 0 Å². The van der Waals surface area contributed by atoms with Crippen LogP contribution in [0.25, 0.3) is 22.2 Å². The molecule has 0 unspecified atom stereocenters. The molecule has 36 heavy (non-hydrogen) atoms. The highest BCUT2D eigenvalue weighted by atomic mass is 35.5. The fourth-order valence-corrected chi connectivity index (χ4v) is 4.07. The lowest BCUT2D eigenvalue weighted by molar-refractivity contribution is -0.137. The van der Waals surface area contributed by atoms with Gasteiger partial charge in [0.25, 0.3) is 5.91 Å². The Hall–Kier alpha value is -4.12. The third kappa shape index (κ3) is 4.11. The maximum absolute atomic E-state index is 15.1. The maximum atomic E-state index is 15.1. The number of aromatic nitrogens is 2. The summed E-state index contributed by atoms with van der Waals surface area (Å²) in [7, 11) is 2.45. The van der Waals surface area contributed by atoms with Gasteiger partial charge in [-0.15, -0.1) is 0 Å². The molecule has 0 atom stereocenters. The van der Waals surface area contributed by atoms with E-state index in [1.165, 1.54) is 26.4 Å². The van der Waals surface area contributed by atoms with Crippen LogP contribution in [0.15, 0.2) is 48.5 Å². The van der Waals surface area contributed by atoms with Crippen LogP contribution in [0.2, 0.25) is 5.02 Å². The molecule has 1 aromatic heterocycles. The number of hydrogen-bond donors (Lipinski definition) is 1. The van der Waals surface area contributed by atoms with E-state index in [1.807, 2.05) is 0 Å². The molecule has 7 nitrogen and oxygen atoms in total. The maximum Gasteiger partial charge on any atom is 0.417 e. The van der Waals surface area contributed by atoms with E-state index < -0.39 is 40.0 Å². The summed E-state index contributed by atoms with van der Waals surface area (Å²) in [4.78, 5) is 24.9. The first-order valence-electron chi connectivity index (χ1n) is 10.1. The lowest BCUT2D eigenvalue weighted by Crippen LogP contribution is -2.20. The SMILES string of the molecule is COc1cc(C(=O)O)cc(OC)c1-c1nn(C(=O)c2c(Cl)cccc2C(F)(F)F)c2cccc(F)c12. The van der Waals surface area contributed by atoms with E-state index in [2.05, 4.69) is 5.10 Å². The molecule has 0 aliphatic heterocycles. The lowest BCUT2D eigenvalue weighted by Gasteiger charge is -2.14. The molecule has 3 aromatic carbocycles. The summed E-state index contributed by atoms with van der Waals surface area (Å²) >= 11 is 6.00. The van der Waals surface area contributed by atoms with E-state index in [9.17, 15) is 27.9 Å². The van der Waals surface area contributed by atoms with Crippen molar-refractivity contribution in [3.05, 3.63) is 76.1 Å². The molecule has 0 fully saturated rings. The van der Waals surface area contributed by atoms with Gasteiger partial charge >= 0.3 is 12.1 Å². The fraction of sp³-hybridized carbons (Fsp3) is 0.125. The number of carboxylic acids is 1. The molecule has 12 heteroatoms. The number of nitrogens with zero attached hydrogens (tertiary/aromatic N) is 2. The Morgan fingerprint density at radius 3 is 2.19 bits per heavy atom. The van der Waals surface area contributed by atoms with Gasteiger partial charge in [0.1, 0.15) is 23.0 Å². The van der Waals surface area contributed by atoms with Crippen molar-refractivity contribution in [1.82, 2.24) is 9.78 Å². The van der Waals surface area contributed by atoms with Gasteiger partial charge in [0.15, 0.2) is 0 Å². The van der Waals surface area contributed by atoms with Crippen molar-refractivity contribution in [2.45, 2.75) is 6.18 Å². The Kier molecular flexibility index (Phi) is 6.35. The third-order valence-corrected chi connectivity index (χ3v) is 5.69. The van der Waals surface area contributed by atoms with Crippen LogP contribution in [0.4, 0.5) is 17.6 Å². The first kappa shape index (κ1) is 25.0. The van der Waals surface area contributed by atoms with Gasteiger partial charge in [-0.2, -0.15) is 23.0 Å². The number of carbonyl (C=O) groups excluding carboxylic acids is 1. The van der Waals surface area contributed by atoms with Crippen LogP contribution >= 0.6 is 11.6 Å². The summed E-state index contributed by atoms with van der Waals surface area (Å²) in [5.74, 6) is -3.56. The van der Waals surface area contributed by atoms with Crippen LogP contribution in [0.1, 0.15) is 26.3 Å². The molecule has 1 heterocycles. The van der Waals surface area contributed by atoms with E-state index in [0.29, 0.717) is 10.7 Å². The summed E-state index contributed by atoms with van der Waals surface area (Å²) in [6.07, 6.45) is -4.91. The molecule has 4 aromatic rings. The minimum Gasteiger partial charge on any atom is -0.496 e. The van der Waals surface area contributed by atoms with Crippen molar-refractivity contribution in [3.8, 4) is 22.8 Å². The molecule has 0 amide bonds. The van der Waals surface area contributed by atoms with Crippen LogP contribution in [0.3, 0.4) is 0 Å². The predicted octanol–water partition coefficient (Wildman–Crippen LogP) is 5.92. The van der Waals surface area contributed by atoms with Crippen molar-refractivity contribution in [3.63, 3.8) is 0 Å². The fourth-order valence-electron chi connectivity index (χ4n) is 3.81. The molecule has 0 bridgehead atoms. The number of carboxylic acid groups (broad SMARTS) is 1. The first-order chi connectivity index (χ1) is 17.0. The Balaban J connectivity index is 2.07. The van der Waals surface area contributed by atoms with Gasteiger partial charge in [-0.05, 0) is 36.4 Å². The zero-order valence-corrected chi connectivity index (χ0v) is 19.2. The highest BCUT2D eigenvalue weighted by molar-refractivity contribution is 6.34. The molecule has 0 spiro atoms. The second-order valence-corrected chi connectivity index (χ2v) is 7.83. The van der Waals surface area contributed by atoms with Gasteiger partial charge in [0.2, 0.25) is 0 Å². The zero-order valence-electron chi connectivity index (χ0n) is 18.5. The zero-order chi connectivity index (χ0) is 26.4. The smallest absolute Gasteiger partial charge is 0.417 e. The molecule has 0 aliphatic rings. The Morgan fingerprint density at radius 2 is 1.64 bits per heavy atom. The number of ether oxygens (including phenoxy) is 2. The normalized spacial score (nSPS) is 11.5. The standard InChI is InChI=1S/C24H15ClF4N2O5/c1-35-16-9-11(23(33)34)10-17(36-2)20(16)21-19-14(26)7-4-8-15(19)31(30-21)22(32)18-12(24(27,28)29)5-3-6-13(18)25/h3-10H,1-2H3,(H,33,34). The molecule has 0 saturated heterocycles. The number of methoxy groups -OCH3 is 2. The second kappa shape index (κ2) is 9.15. The average molecular weight is 523 g/mol. The van der Waals surface area contributed by atoms with Gasteiger partial charge in [-0.3, -0.25) is 4.79 Å². The summed E-state index contributed by atoms with van der Waals surface area (Å²) in [5, 5.41) is 12.8. The lowest BCUT2D eigenvalue weighted by atomic mass is 10.0. The van der Waals surface area contributed by atoms with Gasteiger partial charge in [-0.25, -0.2) is 9.18 Å². The second-order valence-electron chi connectivity index (χ2n) is 7.42. The van der Waals surface area contributed by atoms with Crippen molar-refractivity contribution < 1.29 is 41.7 Å². The van der Waals surface area contributed by atoms with Crippen LogP contribution in [0, 0.1) is 5.82 Å². The summed E-state index contributed by atoms with van der Waals surface area (Å²) < 4.78 is 67.3. The number of alkyl halides is 3. The number of halogens is 5. The number of hydrogen-bond acceptors (Lipinski definition) is 5. The monoisotopic (exact) mass is 522 g/mol. The van der Waals surface area contributed by atoms with E-state index in [-0.39, 0.29) is 39.2 Å². The number of carbonyl (C=O) groups is 2. The largest absolute Gasteiger partial charge is 0.496 e. The molecule has 0 radical (unpaired) electrons. The number of fused-ring (bicyclic) bond motifs is 1. The molecular weight excluding hydrogens is 508 g/mol. The van der Waals surface area contributed by atoms with E-state index in [1.54, 1.807) is 0 Å². The average Bonchev–Trinajstić information content (AvgIpc) is 3.22. The molecule has 0 saturated carbocycles. The Morgan fingerprint density at radius 1 is 1.03 bits per heavy atom. The predicted molar refractivity (Wildman–Crippen MR) is 121 cm³/mol. The molecule has 4 rings (SSSR count). The minimum atomic E-state index is -4.91. The highest BCUT2D eigenvalue weighted by Crippen LogP contribution is 2.43. The number of benzene rings is 3. The van der Waals surface area contributed by atoms with Crippen molar-refractivity contribution in [2.75, 3.05) is 14.2 Å². The van der Waals surface area contributed by atoms with Crippen LogP contribution in [0.5, 0.6) is 11.5 Å². The highest BCUT2D eigenvalue weighted by Gasteiger charge is 2.37. The minimum absolute atomic E-state index is 0.0122. The topological polar surface area (TPSA) is 90.7 Å². The van der Waals surface area contributed by atoms with Gasteiger partial charge in [0.05, 0.1) is 52.4 Å². The number of rotatable bonds is 5. The third-order valence-electron chi connectivity index (χ3n) is 5.37. The number of aromatic carboxylic acids is 1. The molecule has 0 aliphatic carbocycles. The summed E-state index contributed by atoms with van der Waals surface area (Å²) in [6, 6.07) is 8.77. The Bertz CT molecular complexity index is 1510. The van der Waals surface area contributed by atoms with Crippen molar-refractivity contribution >= 4 is 34.4 Å². The van der Waals surface area contributed by atoms with Crippen molar-refractivity contribution in [1.29, 1.82) is 0 Å². The van der Waals surface area contributed by atoms with Crippen molar-refractivity contribution in [2.24, 2.45) is 0 Å². The van der Waals surface area contributed by atoms with Crippen LogP contribution in [-0.4, -0.2) is 41.0 Å². The van der Waals surface area contributed by atoms with E-state index in [4.69, 9.17) is 21.1 Å². The van der Waals surface area contributed by atoms with Gasteiger partial charge in [-0.1, -0.05) is 23.7 Å². The summed E-state index contributed by atoms with van der Waals surface area (Å²) in [5.41, 5.74) is -2.76. The van der Waals surface area contributed by atoms with E-state index in [0.717, 1.165) is 30.3 Å².